The third kappa shape index (κ3) is 3.75. The van der Waals surface area contributed by atoms with Crippen molar-refractivity contribution in [3.63, 3.8) is 0 Å². The summed E-state index contributed by atoms with van der Waals surface area (Å²) in [6, 6.07) is 13.5. The molecule has 1 aromatic heterocycles. The van der Waals surface area contributed by atoms with Gasteiger partial charge in [0.25, 0.3) is 10.2 Å². The number of hydrogen-bond acceptors (Lipinski definition) is 4. The average Bonchev–Trinajstić information content (AvgIpc) is 3.13. The van der Waals surface area contributed by atoms with Crippen LogP contribution in [0.15, 0.2) is 42.5 Å². The molecule has 1 aromatic carbocycles. The molecule has 7 heteroatoms. The lowest BCUT2D eigenvalue weighted by atomic mass is 10.1. The molecule has 1 unspecified atom stereocenters. The van der Waals surface area contributed by atoms with Crippen LogP contribution in [0.25, 0.3) is 0 Å². The first-order valence-electron chi connectivity index (χ1n) is 8.70. The zero-order chi connectivity index (χ0) is 18.7. The van der Waals surface area contributed by atoms with E-state index in [9.17, 15) is 8.42 Å². The van der Waals surface area contributed by atoms with Crippen LogP contribution in [0, 0.1) is 0 Å². The lowest BCUT2D eigenvalue weighted by molar-refractivity contribution is 0.357. The Morgan fingerprint density at radius 1 is 1.19 bits per heavy atom. The number of ether oxygens (including phenoxy) is 1. The van der Waals surface area contributed by atoms with Gasteiger partial charge in [0.05, 0.1) is 18.8 Å². The minimum atomic E-state index is -3.45. The summed E-state index contributed by atoms with van der Waals surface area (Å²) in [4.78, 5) is 4.77. The van der Waals surface area contributed by atoms with Crippen molar-refractivity contribution in [3.05, 3.63) is 59.4 Å². The van der Waals surface area contributed by atoms with Crippen LogP contribution >= 0.6 is 0 Å². The molecule has 26 heavy (non-hydrogen) atoms. The molecular formula is C19H25N3O3S. The predicted octanol–water partition coefficient (Wildman–Crippen LogP) is 2.62. The first-order chi connectivity index (χ1) is 12.4. The maximum absolute atomic E-state index is 12.6. The van der Waals surface area contributed by atoms with Crippen molar-refractivity contribution >= 4 is 10.2 Å². The fraction of sp³-hybridized carbons (Fsp3) is 0.421. The highest BCUT2D eigenvalue weighted by atomic mass is 32.2. The van der Waals surface area contributed by atoms with Gasteiger partial charge in [0, 0.05) is 38.3 Å². The first kappa shape index (κ1) is 18.8. The van der Waals surface area contributed by atoms with E-state index in [-0.39, 0.29) is 6.04 Å². The number of hydrogen-bond donors (Lipinski definition) is 0. The molecule has 2 aromatic rings. The SMILES string of the molecule is COc1ccccc1Cc1cccc(C2CCCN2S(=O)(=O)N(C)C)n1. The van der Waals surface area contributed by atoms with Crippen molar-refractivity contribution in [2.24, 2.45) is 0 Å². The Hall–Kier alpha value is -1.96. The Morgan fingerprint density at radius 2 is 1.96 bits per heavy atom. The second-order valence-corrected chi connectivity index (χ2v) is 8.70. The summed E-state index contributed by atoms with van der Waals surface area (Å²) in [5, 5.41) is 0. The monoisotopic (exact) mass is 375 g/mol. The summed E-state index contributed by atoms with van der Waals surface area (Å²) in [7, 11) is 1.34. The molecule has 1 atom stereocenters. The zero-order valence-corrected chi connectivity index (χ0v) is 16.2. The highest BCUT2D eigenvalue weighted by Crippen LogP contribution is 2.34. The molecule has 1 aliphatic rings. The Kier molecular flexibility index (Phi) is 5.60. The average molecular weight is 375 g/mol. The van der Waals surface area contributed by atoms with Gasteiger partial charge in [-0.1, -0.05) is 24.3 Å². The Bertz CT molecular complexity index is 868. The Balaban J connectivity index is 1.87. The fourth-order valence-electron chi connectivity index (χ4n) is 3.35. The van der Waals surface area contributed by atoms with Gasteiger partial charge >= 0.3 is 0 Å². The number of rotatable bonds is 6. The van der Waals surface area contributed by atoms with Gasteiger partial charge in [0.15, 0.2) is 0 Å². The maximum Gasteiger partial charge on any atom is 0.282 e. The molecule has 1 aliphatic heterocycles. The van der Waals surface area contributed by atoms with E-state index in [1.54, 1.807) is 25.5 Å². The van der Waals surface area contributed by atoms with E-state index in [0.29, 0.717) is 13.0 Å². The van der Waals surface area contributed by atoms with E-state index < -0.39 is 10.2 Å². The lowest BCUT2D eigenvalue weighted by Crippen LogP contribution is -2.39. The maximum atomic E-state index is 12.6. The molecule has 0 N–H and O–H groups in total. The molecule has 1 saturated heterocycles. The minimum Gasteiger partial charge on any atom is -0.496 e. The molecule has 0 amide bonds. The highest BCUT2D eigenvalue weighted by Gasteiger charge is 2.37. The van der Waals surface area contributed by atoms with Crippen LogP contribution in [0.2, 0.25) is 0 Å². The lowest BCUT2D eigenvalue weighted by Gasteiger charge is -2.26. The molecule has 1 fully saturated rings. The molecule has 2 heterocycles. The van der Waals surface area contributed by atoms with Crippen molar-refractivity contribution in [2.45, 2.75) is 25.3 Å². The van der Waals surface area contributed by atoms with E-state index in [2.05, 4.69) is 0 Å². The topological polar surface area (TPSA) is 62.7 Å². The summed E-state index contributed by atoms with van der Waals surface area (Å²) in [5.41, 5.74) is 2.77. The number of nitrogens with zero attached hydrogens (tertiary/aromatic N) is 3. The van der Waals surface area contributed by atoms with E-state index >= 15 is 0 Å². The summed E-state index contributed by atoms with van der Waals surface area (Å²) >= 11 is 0. The van der Waals surface area contributed by atoms with Crippen LogP contribution in [0.3, 0.4) is 0 Å². The van der Waals surface area contributed by atoms with Crippen molar-refractivity contribution in [3.8, 4) is 5.75 Å². The van der Waals surface area contributed by atoms with Crippen molar-refractivity contribution in [1.82, 2.24) is 13.6 Å². The highest BCUT2D eigenvalue weighted by molar-refractivity contribution is 7.86. The van der Waals surface area contributed by atoms with Crippen LogP contribution in [0.4, 0.5) is 0 Å². The van der Waals surface area contributed by atoms with Gasteiger partial charge in [0.1, 0.15) is 5.75 Å². The number of pyridine rings is 1. The van der Waals surface area contributed by atoms with E-state index in [0.717, 1.165) is 35.5 Å². The van der Waals surface area contributed by atoms with Crippen LogP contribution < -0.4 is 4.74 Å². The van der Waals surface area contributed by atoms with E-state index in [1.807, 2.05) is 42.5 Å². The molecule has 0 aliphatic carbocycles. The first-order valence-corrected chi connectivity index (χ1v) is 10.1. The summed E-state index contributed by atoms with van der Waals surface area (Å²) in [6.07, 6.45) is 2.28. The zero-order valence-electron chi connectivity index (χ0n) is 15.4. The number of aromatic nitrogens is 1. The van der Waals surface area contributed by atoms with Gasteiger partial charge in [-0.2, -0.15) is 17.0 Å². The molecule has 0 radical (unpaired) electrons. The fourth-order valence-corrected chi connectivity index (χ4v) is 4.66. The second kappa shape index (κ2) is 7.73. The number of para-hydroxylation sites is 1. The van der Waals surface area contributed by atoms with Crippen molar-refractivity contribution < 1.29 is 13.2 Å². The van der Waals surface area contributed by atoms with Gasteiger partial charge in [-0.3, -0.25) is 4.98 Å². The quantitative estimate of drug-likeness (QED) is 0.779. The molecule has 3 rings (SSSR count). The van der Waals surface area contributed by atoms with E-state index in [1.165, 1.54) is 4.31 Å². The summed E-state index contributed by atoms with van der Waals surface area (Å²) < 4.78 is 33.4. The van der Waals surface area contributed by atoms with Gasteiger partial charge in [0.2, 0.25) is 0 Å². The second-order valence-electron chi connectivity index (χ2n) is 6.60. The van der Waals surface area contributed by atoms with Crippen molar-refractivity contribution in [1.29, 1.82) is 0 Å². The summed E-state index contributed by atoms with van der Waals surface area (Å²) in [6.45, 7) is 0.531. The third-order valence-electron chi connectivity index (χ3n) is 4.70. The molecule has 140 valence electrons. The number of benzene rings is 1. The standard InChI is InChI=1S/C19H25N3O3S/c1-21(2)26(23,24)22-13-7-11-18(22)17-10-6-9-16(20-17)14-15-8-4-5-12-19(15)25-3/h4-6,8-10,12,18H,7,11,13-14H2,1-3H3. The number of methoxy groups -OCH3 is 1. The molecule has 0 saturated carbocycles. The van der Waals surface area contributed by atoms with Crippen LogP contribution in [-0.4, -0.2) is 49.8 Å². The van der Waals surface area contributed by atoms with Crippen LogP contribution in [-0.2, 0) is 16.6 Å². The molecule has 0 bridgehead atoms. The predicted molar refractivity (Wildman–Crippen MR) is 101 cm³/mol. The molecule has 0 spiro atoms. The van der Waals surface area contributed by atoms with Gasteiger partial charge < -0.3 is 4.74 Å². The minimum absolute atomic E-state index is 0.208. The van der Waals surface area contributed by atoms with Crippen LogP contribution in [0.1, 0.15) is 35.8 Å². The Morgan fingerprint density at radius 3 is 2.69 bits per heavy atom. The normalized spacial score (nSPS) is 18.4. The van der Waals surface area contributed by atoms with Gasteiger partial charge in [-0.15, -0.1) is 0 Å². The largest absolute Gasteiger partial charge is 0.496 e. The van der Waals surface area contributed by atoms with Gasteiger partial charge in [-0.05, 0) is 31.0 Å². The van der Waals surface area contributed by atoms with Crippen LogP contribution in [0.5, 0.6) is 5.75 Å². The Labute approximate surface area is 155 Å². The smallest absolute Gasteiger partial charge is 0.282 e. The molecular weight excluding hydrogens is 350 g/mol. The van der Waals surface area contributed by atoms with Crippen molar-refractivity contribution in [2.75, 3.05) is 27.7 Å². The molecule has 6 nitrogen and oxygen atoms in total. The summed E-state index contributed by atoms with van der Waals surface area (Å²) in [5.74, 6) is 0.831. The third-order valence-corrected chi connectivity index (χ3v) is 6.65. The van der Waals surface area contributed by atoms with E-state index in [4.69, 9.17) is 9.72 Å². The van der Waals surface area contributed by atoms with Gasteiger partial charge in [-0.25, -0.2) is 0 Å².